The lowest BCUT2D eigenvalue weighted by atomic mass is 10.1. The van der Waals surface area contributed by atoms with E-state index in [1.165, 1.54) is 0 Å². The van der Waals surface area contributed by atoms with E-state index in [1.807, 2.05) is 0 Å². The second-order valence-corrected chi connectivity index (χ2v) is 6.31. The number of nitrogens with zero attached hydrogens (tertiary/aromatic N) is 1. The number of hydrogen-bond acceptors (Lipinski definition) is 3. The standard InChI is InChI=1S/C20H15F6N3O/c1-11-4-3-5-17(12(11)2)29-18(30)13(9-27)10-28-16-7-14(19(21,22)23)6-15(8-16)20(24,25)26/h3-8,10,28H,1-2H3,(H,29,30)/b13-10-. The molecule has 30 heavy (non-hydrogen) atoms. The molecule has 0 saturated heterocycles. The summed E-state index contributed by atoms with van der Waals surface area (Å²) in [4.78, 5) is 12.3. The van der Waals surface area contributed by atoms with Crippen molar-refractivity contribution in [3.63, 3.8) is 0 Å². The highest BCUT2D eigenvalue weighted by molar-refractivity contribution is 6.07. The Morgan fingerprint density at radius 3 is 2.07 bits per heavy atom. The van der Waals surface area contributed by atoms with Crippen LogP contribution in [0.3, 0.4) is 0 Å². The van der Waals surface area contributed by atoms with Crippen LogP contribution >= 0.6 is 0 Å². The third-order valence-electron chi connectivity index (χ3n) is 4.19. The number of rotatable bonds is 4. The summed E-state index contributed by atoms with van der Waals surface area (Å²) in [5.74, 6) is -0.873. The van der Waals surface area contributed by atoms with E-state index in [4.69, 9.17) is 5.26 Å². The maximum absolute atomic E-state index is 12.9. The first-order valence-corrected chi connectivity index (χ1v) is 8.37. The highest BCUT2D eigenvalue weighted by Gasteiger charge is 2.36. The second-order valence-electron chi connectivity index (χ2n) is 6.31. The number of hydrogen-bond donors (Lipinski definition) is 2. The van der Waals surface area contributed by atoms with Gasteiger partial charge in [0.2, 0.25) is 0 Å². The number of carbonyl (C=O) groups is 1. The van der Waals surface area contributed by atoms with E-state index in [9.17, 15) is 31.1 Å². The first kappa shape index (κ1) is 22.8. The lowest BCUT2D eigenvalue weighted by molar-refractivity contribution is -0.143. The van der Waals surface area contributed by atoms with Crippen molar-refractivity contribution in [3.8, 4) is 6.07 Å². The zero-order valence-electron chi connectivity index (χ0n) is 15.7. The molecular weight excluding hydrogens is 412 g/mol. The van der Waals surface area contributed by atoms with Gasteiger partial charge in [0, 0.05) is 17.6 Å². The third kappa shape index (κ3) is 5.53. The summed E-state index contributed by atoms with van der Waals surface area (Å²) in [6.45, 7) is 3.54. The highest BCUT2D eigenvalue weighted by atomic mass is 19.4. The molecule has 0 unspecified atom stereocenters. The van der Waals surface area contributed by atoms with Crippen molar-refractivity contribution in [1.29, 1.82) is 5.26 Å². The van der Waals surface area contributed by atoms with Gasteiger partial charge in [-0.25, -0.2) is 0 Å². The number of aryl methyl sites for hydroxylation is 1. The topological polar surface area (TPSA) is 64.9 Å². The summed E-state index contributed by atoms with van der Waals surface area (Å²) in [6, 6.07) is 7.50. The van der Waals surface area contributed by atoms with E-state index in [-0.39, 0.29) is 6.07 Å². The van der Waals surface area contributed by atoms with Gasteiger partial charge in [0.25, 0.3) is 5.91 Å². The first-order valence-electron chi connectivity index (χ1n) is 8.37. The minimum absolute atomic E-state index is 0.0205. The minimum atomic E-state index is -5.01. The molecule has 0 aromatic heterocycles. The summed E-state index contributed by atoms with van der Waals surface area (Å²) in [5.41, 5.74) is -2.13. The lowest BCUT2D eigenvalue weighted by Gasteiger charge is -2.14. The second kappa shape index (κ2) is 8.49. The molecule has 0 fully saturated rings. The molecule has 0 aliphatic rings. The number of carbonyl (C=O) groups excluding carboxylic acids is 1. The van der Waals surface area contributed by atoms with E-state index in [0.717, 1.165) is 17.3 Å². The van der Waals surface area contributed by atoms with E-state index >= 15 is 0 Å². The van der Waals surface area contributed by atoms with Gasteiger partial charge in [0.05, 0.1) is 11.1 Å². The maximum atomic E-state index is 12.9. The summed E-state index contributed by atoms with van der Waals surface area (Å²) in [5, 5.41) is 13.8. The molecule has 0 atom stereocenters. The Balaban J connectivity index is 2.32. The zero-order valence-corrected chi connectivity index (χ0v) is 15.7. The zero-order chi connectivity index (χ0) is 22.7. The normalized spacial score (nSPS) is 12.3. The van der Waals surface area contributed by atoms with Crippen molar-refractivity contribution in [3.05, 3.63) is 70.4 Å². The number of nitriles is 1. The Morgan fingerprint density at radius 1 is 1.00 bits per heavy atom. The Morgan fingerprint density at radius 2 is 1.57 bits per heavy atom. The molecule has 2 rings (SSSR count). The summed E-state index contributed by atoms with van der Waals surface area (Å²) in [6.07, 6.45) is -9.28. The molecule has 158 valence electrons. The van der Waals surface area contributed by atoms with Gasteiger partial charge in [-0.1, -0.05) is 12.1 Å². The molecule has 2 N–H and O–H groups in total. The molecule has 1 amide bonds. The lowest BCUT2D eigenvalue weighted by Crippen LogP contribution is -2.16. The molecule has 0 aliphatic heterocycles. The van der Waals surface area contributed by atoms with Crippen LogP contribution in [0.5, 0.6) is 0 Å². The highest BCUT2D eigenvalue weighted by Crippen LogP contribution is 2.37. The van der Waals surface area contributed by atoms with Crippen LogP contribution in [0, 0.1) is 25.2 Å². The van der Waals surface area contributed by atoms with Crippen molar-refractivity contribution in [2.75, 3.05) is 10.6 Å². The SMILES string of the molecule is Cc1cccc(NC(=O)/C(C#N)=C\Nc2cc(C(F)(F)F)cc(C(F)(F)F)c2)c1C. The van der Waals surface area contributed by atoms with Crippen LogP contribution in [0.25, 0.3) is 0 Å². The number of nitrogens with one attached hydrogen (secondary N) is 2. The number of halogens is 6. The molecule has 0 heterocycles. The number of anilines is 2. The van der Waals surface area contributed by atoms with Gasteiger partial charge in [-0.2, -0.15) is 31.6 Å². The summed E-state index contributed by atoms with van der Waals surface area (Å²) < 4.78 is 77.5. The molecule has 0 spiro atoms. The molecule has 2 aromatic carbocycles. The van der Waals surface area contributed by atoms with E-state index in [1.54, 1.807) is 38.1 Å². The van der Waals surface area contributed by atoms with Crippen molar-refractivity contribution in [2.45, 2.75) is 26.2 Å². The summed E-state index contributed by atoms with van der Waals surface area (Å²) in [7, 11) is 0. The molecule has 10 heteroatoms. The molecule has 0 saturated carbocycles. The quantitative estimate of drug-likeness (QED) is 0.368. The Labute approximate surface area is 167 Å². The number of benzene rings is 2. The van der Waals surface area contributed by atoms with Crippen LogP contribution in [0.1, 0.15) is 22.3 Å². The largest absolute Gasteiger partial charge is 0.416 e. The number of alkyl halides is 6. The van der Waals surface area contributed by atoms with Crippen LogP contribution in [0.4, 0.5) is 37.7 Å². The molecule has 4 nitrogen and oxygen atoms in total. The Hall–Kier alpha value is -3.48. The van der Waals surface area contributed by atoms with Crippen LogP contribution < -0.4 is 10.6 Å². The van der Waals surface area contributed by atoms with Gasteiger partial charge in [-0.15, -0.1) is 0 Å². The Kier molecular flexibility index (Phi) is 6.45. The molecule has 0 radical (unpaired) electrons. The molecule has 0 aliphatic carbocycles. The van der Waals surface area contributed by atoms with E-state index in [0.29, 0.717) is 17.8 Å². The van der Waals surface area contributed by atoms with Crippen molar-refractivity contribution in [2.24, 2.45) is 0 Å². The summed E-state index contributed by atoms with van der Waals surface area (Å²) >= 11 is 0. The molecule has 2 aromatic rings. The van der Waals surface area contributed by atoms with Crippen LogP contribution in [0.2, 0.25) is 0 Å². The van der Waals surface area contributed by atoms with Gasteiger partial charge in [-0.3, -0.25) is 4.79 Å². The average Bonchev–Trinajstić information content (AvgIpc) is 2.64. The van der Waals surface area contributed by atoms with Gasteiger partial charge in [0.15, 0.2) is 0 Å². The average molecular weight is 427 g/mol. The first-order chi connectivity index (χ1) is 13.8. The predicted octanol–water partition coefficient (Wildman–Crippen LogP) is 5.80. The smallest absolute Gasteiger partial charge is 0.360 e. The maximum Gasteiger partial charge on any atom is 0.416 e. The fourth-order valence-electron chi connectivity index (χ4n) is 2.42. The fourth-order valence-corrected chi connectivity index (χ4v) is 2.42. The van der Waals surface area contributed by atoms with Crippen LogP contribution in [0.15, 0.2) is 48.2 Å². The van der Waals surface area contributed by atoms with E-state index < -0.39 is 40.6 Å². The third-order valence-corrected chi connectivity index (χ3v) is 4.19. The van der Waals surface area contributed by atoms with Gasteiger partial charge >= 0.3 is 12.4 Å². The van der Waals surface area contributed by atoms with E-state index in [2.05, 4.69) is 10.6 Å². The van der Waals surface area contributed by atoms with Gasteiger partial charge in [-0.05, 0) is 49.2 Å². The van der Waals surface area contributed by atoms with Crippen molar-refractivity contribution >= 4 is 17.3 Å². The van der Waals surface area contributed by atoms with Gasteiger partial charge in [0.1, 0.15) is 11.6 Å². The van der Waals surface area contributed by atoms with Crippen molar-refractivity contribution < 1.29 is 31.1 Å². The minimum Gasteiger partial charge on any atom is -0.360 e. The Bertz CT molecular complexity index is 1000. The fraction of sp³-hybridized carbons (Fsp3) is 0.200. The number of amides is 1. The van der Waals surface area contributed by atoms with Crippen molar-refractivity contribution in [1.82, 2.24) is 0 Å². The predicted molar refractivity (Wildman–Crippen MR) is 98.3 cm³/mol. The monoisotopic (exact) mass is 427 g/mol. The van der Waals surface area contributed by atoms with Gasteiger partial charge < -0.3 is 10.6 Å². The molecule has 0 bridgehead atoms. The molecular formula is C20H15F6N3O. The van der Waals surface area contributed by atoms with Crippen LogP contribution in [-0.2, 0) is 17.1 Å². The van der Waals surface area contributed by atoms with Crippen LogP contribution in [-0.4, -0.2) is 5.91 Å².